The number of aromatic nitrogens is 4. The average molecular weight is 361 g/mol. The molecule has 0 atom stereocenters. The highest BCUT2D eigenvalue weighted by atomic mass is 16.5. The molecule has 3 aromatic heterocycles. The van der Waals surface area contributed by atoms with Gasteiger partial charge in [0.1, 0.15) is 12.1 Å². The second-order valence-corrected chi connectivity index (χ2v) is 6.25. The summed E-state index contributed by atoms with van der Waals surface area (Å²) >= 11 is 0. The molecule has 27 heavy (non-hydrogen) atoms. The van der Waals surface area contributed by atoms with Crippen molar-refractivity contribution in [2.24, 2.45) is 0 Å². The van der Waals surface area contributed by atoms with Crippen LogP contribution in [0.4, 0.5) is 0 Å². The summed E-state index contributed by atoms with van der Waals surface area (Å²) in [7, 11) is 1.54. The lowest BCUT2D eigenvalue weighted by atomic mass is 10.0. The van der Waals surface area contributed by atoms with E-state index in [4.69, 9.17) is 4.74 Å². The Labute approximate surface area is 157 Å². The average Bonchev–Trinajstić information content (AvgIpc) is 2.96. The second kappa shape index (κ2) is 7.49. The molecule has 0 saturated heterocycles. The molecule has 0 spiro atoms. The Morgan fingerprint density at radius 1 is 1.04 bits per heavy atom. The molecule has 7 heteroatoms. The predicted molar refractivity (Wildman–Crippen MR) is 99.4 cm³/mol. The summed E-state index contributed by atoms with van der Waals surface area (Å²) in [5, 5.41) is 0. The maximum atomic E-state index is 13.0. The molecule has 0 bridgehead atoms. The van der Waals surface area contributed by atoms with E-state index < -0.39 is 0 Å². The molecule has 0 N–H and O–H groups in total. The molecule has 136 valence electrons. The van der Waals surface area contributed by atoms with E-state index in [0.29, 0.717) is 37.2 Å². The summed E-state index contributed by atoms with van der Waals surface area (Å²) < 4.78 is 5.29. The number of nitrogens with zero attached hydrogens (tertiary/aromatic N) is 5. The van der Waals surface area contributed by atoms with Crippen LogP contribution in [0.1, 0.15) is 21.6 Å². The van der Waals surface area contributed by atoms with Crippen LogP contribution in [0, 0.1) is 0 Å². The monoisotopic (exact) mass is 361 g/mol. The van der Waals surface area contributed by atoms with E-state index in [2.05, 4.69) is 19.9 Å². The van der Waals surface area contributed by atoms with E-state index in [1.807, 2.05) is 17.0 Å². The van der Waals surface area contributed by atoms with Crippen molar-refractivity contribution in [2.45, 2.75) is 12.8 Å². The normalized spacial score (nSPS) is 13.6. The number of ether oxygens (including phenoxy) is 1. The molecule has 4 rings (SSSR count). The van der Waals surface area contributed by atoms with E-state index in [0.717, 1.165) is 22.5 Å². The second-order valence-electron chi connectivity index (χ2n) is 6.25. The predicted octanol–water partition coefficient (Wildman–Crippen LogP) is 2.18. The molecule has 3 aromatic rings. The third kappa shape index (κ3) is 3.36. The molecule has 0 aliphatic carbocycles. The van der Waals surface area contributed by atoms with Gasteiger partial charge in [0.25, 0.3) is 5.91 Å². The van der Waals surface area contributed by atoms with Crippen LogP contribution in [0.25, 0.3) is 11.3 Å². The van der Waals surface area contributed by atoms with Crippen molar-refractivity contribution in [3.63, 3.8) is 0 Å². The van der Waals surface area contributed by atoms with Gasteiger partial charge in [0.2, 0.25) is 0 Å². The highest BCUT2D eigenvalue weighted by molar-refractivity contribution is 5.96. The summed E-state index contributed by atoms with van der Waals surface area (Å²) in [6, 6.07) is 5.58. The third-order valence-electron chi connectivity index (χ3n) is 4.76. The third-order valence-corrected chi connectivity index (χ3v) is 4.76. The molecule has 1 amide bonds. The van der Waals surface area contributed by atoms with Crippen molar-refractivity contribution >= 4 is 5.91 Å². The summed E-state index contributed by atoms with van der Waals surface area (Å²) in [5.74, 6) is 0.432. The highest BCUT2D eigenvalue weighted by Gasteiger charge is 2.24. The Morgan fingerprint density at radius 3 is 2.63 bits per heavy atom. The van der Waals surface area contributed by atoms with Gasteiger partial charge in [-0.2, -0.15) is 0 Å². The number of rotatable bonds is 3. The van der Waals surface area contributed by atoms with Crippen molar-refractivity contribution in [1.29, 1.82) is 0 Å². The number of methoxy groups -OCH3 is 1. The molecule has 1 aliphatic rings. The van der Waals surface area contributed by atoms with Gasteiger partial charge >= 0.3 is 0 Å². The summed E-state index contributed by atoms with van der Waals surface area (Å²) in [6.07, 6.45) is 9.67. The maximum Gasteiger partial charge on any atom is 0.257 e. The molecule has 0 fully saturated rings. The van der Waals surface area contributed by atoms with E-state index in [9.17, 15) is 4.79 Å². The van der Waals surface area contributed by atoms with Gasteiger partial charge in [0, 0.05) is 54.9 Å². The minimum absolute atomic E-state index is 0.0551. The molecular weight excluding hydrogens is 342 g/mol. The smallest absolute Gasteiger partial charge is 0.257 e. The van der Waals surface area contributed by atoms with Crippen LogP contribution in [0.3, 0.4) is 0 Å². The first-order chi connectivity index (χ1) is 13.3. The lowest BCUT2D eigenvalue weighted by Crippen LogP contribution is -2.33. The zero-order chi connectivity index (χ0) is 18.6. The molecule has 0 aromatic carbocycles. The first kappa shape index (κ1) is 17.1. The zero-order valence-corrected chi connectivity index (χ0v) is 15.0. The zero-order valence-electron chi connectivity index (χ0n) is 15.0. The van der Waals surface area contributed by atoms with Crippen molar-refractivity contribution < 1.29 is 9.53 Å². The van der Waals surface area contributed by atoms with Crippen LogP contribution in [-0.4, -0.2) is 50.9 Å². The van der Waals surface area contributed by atoms with Gasteiger partial charge in [-0.15, -0.1) is 0 Å². The van der Waals surface area contributed by atoms with E-state index in [1.54, 1.807) is 44.3 Å². The van der Waals surface area contributed by atoms with Crippen LogP contribution in [0.2, 0.25) is 0 Å². The summed E-state index contributed by atoms with van der Waals surface area (Å²) in [5.41, 5.74) is 4.55. The molecule has 7 nitrogen and oxygen atoms in total. The van der Waals surface area contributed by atoms with Crippen molar-refractivity contribution in [2.75, 3.05) is 20.2 Å². The SMILES string of the molecule is COc1cnccc1C(=O)N1CCc2ncnc(-c3ccncc3)c2CC1. The standard InChI is InChI=1S/C20H19N5O2/c1-27-18-12-22-9-4-16(18)20(26)25-10-5-15-17(6-11-25)23-13-24-19(15)14-2-7-21-8-3-14/h2-4,7-9,12-13H,5-6,10-11H2,1H3. The van der Waals surface area contributed by atoms with Gasteiger partial charge in [-0.25, -0.2) is 9.97 Å². The van der Waals surface area contributed by atoms with Crippen LogP contribution in [0.15, 0.2) is 49.3 Å². The van der Waals surface area contributed by atoms with Gasteiger partial charge in [0.05, 0.1) is 24.6 Å². The van der Waals surface area contributed by atoms with E-state index in [1.165, 1.54) is 0 Å². The van der Waals surface area contributed by atoms with Crippen LogP contribution in [-0.2, 0) is 12.8 Å². The summed E-state index contributed by atoms with van der Waals surface area (Å²) in [6.45, 7) is 1.20. The maximum absolute atomic E-state index is 13.0. The lowest BCUT2D eigenvalue weighted by molar-refractivity contribution is 0.0759. The Balaban J connectivity index is 1.61. The van der Waals surface area contributed by atoms with Crippen LogP contribution in [0.5, 0.6) is 5.75 Å². The van der Waals surface area contributed by atoms with Crippen molar-refractivity contribution in [3.8, 4) is 17.0 Å². The Morgan fingerprint density at radius 2 is 1.81 bits per heavy atom. The molecule has 1 aliphatic heterocycles. The molecule has 0 radical (unpaired) electrons. The fraction of sp³-hybridized carbons (Fsp3) is 0.250. The van der Waals surface area contributed by atoms with Gasteiger partial charge in [-0.3, -0.25) is 14.8 Å². The Kier molecular flexibility index (Phi) is 4.74. The van der Waals surface area contributed by atoms with Gasteiger partial charge < -0.3 is 9.64 Å². The number of pyridine rings is 2. The quantitative estimate of drug-likeness (QED) is 0.711. The highest BCUT2D eigenvalue weighted by Crippen LogP contribution is 2.26. The van der Waals surface area contributed by atoms with Crippen molar-refractivity contribution in [3.05, 3.63) is 66.1 Å². The van der Waals surface area contributed by atoms with Crippen molar-refractivity contribution in [1.82, 2.24) is 24.8 Å². The minimum atomic E-state index is -0.0551. The number of amides is 1. The van der Waals surface area contributed by atoms with Gasteiger partial charge in [0.15, 0.2) is 0 Å². The topological polar surface area (TPSA) is 81.1 Å². The number of carbonyl (C=O) groups excluding carboxylic acids is 1. The Hall–Kier alpha value is -3.35. The fourth-order valence-electron chi connectivity index (χ4n) is 3.38. The Bertz CT molecular complexity index is 962. The van der Waals surface area contributed by atoms with Crippen LogP contribution >= 0.6 is 0 Å². The van der Waals surface area contributed by atoms with E-state index >= 15 is 0 Å². The first-order valence-electron chi connectivity index (χ1n) is 8.78. The fourth-order valence-corrected chi connectivity index (χ4v) is 3.38. The molecular formula is C20H19N5O2. The summed E-state index contributed by atoms with van der Waals surface area (Å²) in [4.78, 5) is 31.9. The van der Waals surface area contributed by atoms with Gasteiger partial charge in [-0.05, 0) is 24.6 Å². The number of hydrogen-bond donors (Lipinski definition) is 0. The lowest BCUT2D eigenvalue weighted by Gasteiger charge is -2.21. The first-order valence-corrected chi connectivity index (χ1v) is 8.78. The number of fused-ring (bicyclic) bond motifs is 1. The molecule has 0 unspecified atom stereocenters. The minimum Gasteiger partial charge on any atom is -0.494 e. The largest absolute Gasteiger partial charge is 0.494 e. The number of hydrogen-bond acceptors (Lipinski definition) is 6. The van der Waals surface area contributed by atoms with Crippen LogP contribution < -0.4 is 4.74 Å². The van der Waals surface area contributed by atoms with Gasteiger partial charge in [-0.1, -0.05) is 0 Å². The molecule has 4 heterocycles. The molecule has 0 saturated carbocycles. The van der Waals surface area contributed by atoms with E-state index in [-0.39, 0.29) is 5.91 Å². The number of carbonyl (C=O) groups is 1.